The van der Waals surface area contributed by atoms with Crippen LogP contribution in [0.2, 0.25) is 0 Å². The molecule has 2 heterocycles. The zero-order valence-electron chi connectivity index (χ0n) is 9.72. The number of aromatic nitrogens is 4. The number of nitrogens with zero attached hydrogens (tertiary/aromatic N) is 4. The van der Waals surface area contributed by atoms with E-state index in [4.69, 9.17) is 5.73 Å². The molecule has 1 atom stereocenters. The minimum Gasteiger partial charge on any atom is -0.330 e. The van der Waals surface area contributed by atoms with E-state index in [1.807, 2.05) is 17.4 Å². The van der Waals surface area contributed by atoms with Crippen molar-refractivity contribution in [3.8, 4) is 0 Å². The van der Waals surface area contributed by atoms with Gasteiger partial charge in [0.25, 0.3) is 0 Å². The third kappa shape index (κ3) is 1.90. The van der Waals surface area contributed by atoms with E-state index in [0.29, 0.717) is 6.54 Å². The predicted molar refractivity (Wildman–Crippen MR) is 62.2 cm³/mol. The van der Waals surface area contributed by atoms with E-state index in [1.165, 1.54) is 0 Å². The SMILES string of the molecule is CCCC(CN)c1nnc2cc(C)ncn12. The topological polar surface area (TPSA) is 69.1 Å². The third-order valence-electron chi connectivity index (χ3n) is 2.75. The summed E-state index contributed by atoms with van der Waals surface area (Å²) in [6.07, 6.45) is 3.90. The molecule has 0 saturated heterocycles. The highest BCUT2D eigenvalue weighted by molar-refractivity contribution is 5.38. The molecular formula is C11H17N5. The summed E-state index contributed by atoms with van der Waals surface area (Å²) in [5.74, 6) is 1.19. The highest BCUT2D eigenvalue weighted by Gasteiger charge is 2.15. The van der Waals surface area contributed by atoms with Gasteiger partial charge in [-0.05, 0) is 13.3 Å². The van der Waals surface area contributed by atoms with Crippen LogP contribution in [-0.4, -0.2) is 26.1 Å². The van der Waals surface area contributed by atoms with Crippen LogP contribution in [0.25, 0.3) is 5.65 Å². The Kier molecular flexibility index (Phi) is 3.14. The Morgan fingerprint density at radius 3 is 2.94 bits per heavy atom. The minimum absolute atomic E-state index is 0.268. The van der Waals surface area contributed by atoms with Crippen LogP contribution in [0.15, 0.2) is 12.4 Å². The van der Waals surface area contributed by atoms with Crippen molar-refractivity contribution in [1.82, 2.24) is 19.6 Å². The molecular weight excluding hydrogens is 202 g/mol. The molecule has 0 bridgehead atoms. The molecule has 2 rings (SSSR count). The van der Waals surface area contributed by atoms with Gasteiger partial charge >= 0.3 is 0 Å². The molecule has 2 aromatic heterocycles. The summed E-state index contributed by atoms with van der Waals surface area (Å²) in [6, 6.07) is 1.93. The molecule has 0 saturated carbocycles. The number of fused-ring (bicyclic) bond motifs is 1. The maximum absolute atomic E-state index is 5.77. The van der Waals surface area contributed by atoms with Crippen LogP contribution in [0, 0.1) is 6.92 Å². The molecule has 86 valence electrons. The lowest BCUT2D eigenvalue weighted by Crippen LogP contribution is -2.15. The molecule has 0 amide bonds. The van der Waals surface area contributed by atoms with Crippen LogP contribution >= 0.6 is 0 Å². The van der Waals surface area contributed by atoms with Gasteiger partial charge in [0, 0.05) is 24.2 Å². The molecule has 0 aromatic carbocycles. The first-order chi connectivity index (χ1) is 7.76. The summed E-state index contributed by atoms with van der Waals surface area (Å²) in [5, 5.41) is 8.37. The Labute approximate surface area is 94.7 Å². The Hall–Kier alpha value is -1.49. The quantitative estimate of drug-likeness (QED) is 0.840. The zero-order valence-corrected chi connectivity index (χ0v) is 9.72. The summed E-state index contributed by atoms with van der Waals surface area (Å²) in [7, 11) is 0. The first-order valence-corrected chi connectivity index (χ1v) is 5.63. The van der Waals surface area contributed by atoms with Crippen LogP contribution in [0.5, 0.6) is 0 Å². The van der Waals surface area contributed by atoms with Crippen molar-refractivity contribution in [2.24, 2.45) is 5.73 Å². The van der Waals surface area contributed by atoms with Crippen molar-refractivity contribution < 1.29 is 0 Å². The van der Waals surface area contributed by atoms with E-state index in [9.17, 15) is 0 Å². The van der Waals surface area contributed by atoms with Crippen LogP contribution < -0.4 is 5.73 Å². The monoisotopic (exact) mass is 219 g/mol. The maximum Gasteiger partial charge on any atom is 0.163 e. The summed E-state index contributed by atoms with van der Waals surface area (Å²) in [6.45, 7) is 4.69. The van der Waals surface area contributed by atoms with E-state index >= 15 is 0 Å². The van der Waals surface area contributed by atoms with Crippen LogP contribution in [0.3, 0.4) is 0 Å². The predicted octanol–water partition coefficient (Wildman–Crippen LogP) is 1.28. The van der Waals surface area contributed by atoms with Gasteiger partial charge in [-0.2, -0.15) is 0 Å². The van der Waals surface area contributed by atoms with E-state index in [1.54, 1.807) is 6.33 Å². The summed E-state index contributed by atoms with van der Waals surface area (Å²) < 4.78 is 1.93. The van der Waals surface area contributed by atoms with Gasteiger partial charge in [-0.3, -0.25) is 4.40 Å². The van der Waals surface area contributed by atoms with Gasteiger partial charge < -0.3 is 5.73 Å². The molecule has 5 nitrogen and oxygen atoms in total. The molecule has 0 aliphatic rings. The summed E-state index contributed by atoms with van der Waals surface area (Å²) in [4.78, 5) is 4.26. The van der Waals surface area contributed by atoms with Crippen LogP contribution in [0.1, 0.15) is 37.2 Å². The first kappa shape index (κ1) is 11.0. The lowest BCUT2D eigenvalue weighted by atomic mass is 10.0. The first-order valence-electron chi connectivity index (χ1n) is 5.63. The van der Waals surface area contributed by atoms with Crippen molar-refractivity contribution in [2.45, 2.75) is 32.6 Å². The normalized spacial score (nSPS) is 13.2. The van der Waals surface area contributed by atoms with Gasteiger partial charge in [0.1, 0.15) is 12.2 Å². The van der Waals surface area contributed by atoms with E-state index < -0.39 is 0 Å². The molecule has 0 spiro atoms. The van der Waals surface area contributed by atoms with Crippen LogP contribution in [-0.2, 0) is 0 Å². The van der Waals surface area contributed by atoms with Gasteiger partial charge in [0.05, 0.1) is 0 Å². The van der Waals surface area contributed by atoms with Gasteiger partial charge in [-0.25, -0.2) is 4.98 Å². The fraction of sp³-hybridized carbons (Fsp3) is 0.545. The molecule has 1 unspecified atom stereocenters. The zero-order chi connectivity index (χ0) is 11.5. The van der Waals surface area contributed by atoms with Crippen molar-refractivity contribution >= 4 is 5.65 Å². The Morgan fingerprint density at radius 1 is 1.44 bits per heavy atom. The van der Waals surface area contributed by atoms with E-state index in [0.717, 1.165) is 30.0 Å². The minimum atomic E-state index is 0.268. The molecule has 0 aliphatic heterocycles. The van der Waals surface area contributed by atoms with Crippen molar-refractivity contribution in [3.63, 3.8) is 0 Å². The highest BCUT2D eigenvalue weighted by atomic mass is 15.3. The lowest BCUT2D eigenvalue weighted by molar-refractivity contribution is 0.582. The van der Waals surface area contributed by atoms with Crippen molar-refractivity contribution in [3.05, 3.63) is 23.9 Å². The van der Waals surface area contributed by atoms with Crippen LogP contribution in [0.4, 0.5) is 0 Å². The molecule has 2 aromatic rings. The number of rotatable bonds is 4. The van der Waals surface area contributed by atoms with Gasteiger partial charge in [0.15, 0.2) is 5.65 Å². The lowest BCUT2D eigenvalue weighted by Gasteiger charge is -2.10. The van der Waals surface area contributed by atoms with Gasteiger partial charge in [-0.1, -0.05) is 13.3 Å². The van der Waals surface area contributed by atoms with Crippen molar-refractivity contribution in [2.75, 3.05) is 6.54 Å². The fourth-order valence-electron chi connectivity index (χ4n) is 1.88. The van der Waals surface area contributed by atoms with Crippen molar-refractivity contribution in [1.29, 1.82) is 0 Å². The Balaban J connectivity index is 2.44. The largest absolute Gasteiger partial charge is 0.330 e. The average Bonchev–Trinajstić information content (AvgIpc) is 2.68. The molecule has 0 fully saturated rings. The second kappa shape index (κ2) is 4.57. The molecule has 0 radical (unpaired) electrons. The standard InChI is InChI=1S/C11H17N5/c1-3-4-9(6-12)11-15-14-10-5-8(2)13-7-16(10)11/h5,7,9H,3-4,6,12H2,1-2H3. The number of aryl methyl sites for hydroxylation is 1. The summed E-state index contributed by atoms with van der Waals surface area (Å²) >= 11 is 0. The summed E-state index contributed by atoms with van der Waals surface area (Å²) in [5.41, 5.74) is 7.56. The smallest absolute Gasteiger partial charge is 0.163 e. The highest BCUT2D eigenvalue weighted by Crippen LogP contribution is 2.18. The second-order valence-corrected chi connectivity index (χ2v) is 4.04. The second-order valence-electron chi connectivity index (χ2n) is 4.04. The number of hydrogen-bond acceptors (Lipinski definition) is 4. The average molecular weight is 219 g/mol. The van der Waals surface area contributed by atoms with Gasteiger partial charge in [-0.15, -0.1) is 10.2 Å². The van der Waals surface area contributed by atoms with Gasteiger partial charge in [0.2, 0.25) is 0 Å². The number of hydrogen-bond donors (Lipinski definition) is 1. The Bertz CT molecular complexity index is 476. The number of nitrogens with two attached hydrogens (primary N) is 1. The maximum atomic E-state index is 5.77. The molecule has 0 aliphatic carbocycles. The van der Waals surface area contributed by atoms with E-state index in [-0.39, 0.29) is 5.92 Å². The van der Waals surface area contributed by atoms with E-state index in [2.05, 4.69) is 22.1 Å². The fourth-order valence-corrected chi connectivity index (χ4v) is 1.88. The molecule has 5 heteroatoms. The molecule has 2 N–H and O–H groups in total. The Morgan fingerprint density at radius 2 is 2.25 bits per heavy atom. The third-order valence-corrected chi connectivity index (χ3v) is 2.75. The molecule has 16 heavy (non-hydrogen) atoms.